The van der Waals surface area contributed by atoms with Crippen molar-refractivity contribution >= 4 is 22.6 Å². The fourth-order valence-corrected chi connectivity index (χ4v) is 2.20. The molecule has 0 bridgehead atoms. The van der Waals surface area contributed by atoms with Crippen LogP contribution in [0.25, 0.3) is 11.0 Å². The van der Waals surface area contributed by atoms with Crippen molar-refractivity contribution in [2.75, 3.05) is 13.2 Å². The van der Waals surface area contributed by atoms with Crippen LogP contribution in [0.2, 0.25) is 0 Å². The molecule has 8 heteroatoms. The Hall–Kier alpha value is -1.34. The minimum absolute atomic E-state index is 0.0780. The second-order valence-corrected chi connectivity index (χ2v) is 4.84. The van der Waals surface area contributed by atoms with Crippen LogP contribution < -0.4 is 0 Å². The van der Waals surface area contributed by atoms with Crippen molar-refractivity contribution in [1.29, 1.82) is 0 Å². The normalized spacial score (nSPS) is 12.3. The Balaban J connectivity index is 2.19. The summed E-state index contributed by atoms with van der Waals surface area (Å²) in [4.78, 5) is 4.17. The van der Waals surface area contributed by atoms with Gasteiger partial charge in [-0.25, -0.2) is 9.37 Å². The highest BCUT2D eigenvalue weighted by Gasteiger charge is 2.27. The van der Waals surface area contributed by atoms with Gasteiger partial charge in [0.05, 0.1) is 23.5 Å². The first kappa shape index (κ1) is 16.0. The Labute approximate surface area is 123 Å². The van der Waals surface area contributed by atoms with Gasteiger partial charge >= 0.3 is 6.18 Å². The van der Waals surface area contributed by atoms with Gasteiger partial charge in [0.15, 0.2) is 0 Å². The van der Waals surface area contributed by atoms with E-state index in [0.717, 1.165) is 0 Å². The lowest BCUT2D eigenvalue weighted by molar-refractivity contribution is -0.174. The fraction of sp³-hybridized carbons (Fsp3) is 0.462. The van der Waals surface area contributed by atoms with Crippen molar-refractivity contribution in [2.45, 2.75) is 25.5 Å². The van der Waals surface area contributed by atoms with E-state index in [1.54, 1.807) is 17.6 Å². The van der Waals surface area contributed by atoms with Gasteiger partial charge in [-0.1, -0.05) is 0 Å². The van der Waals surface area contributed by atoms with E-state index in [2.05, 4.69) is 9.72 Å². The van der Waals surface area contributed by atoms with E-state index in [-0.39, 0.29) is 24.8 Å². The highest BCUT2D eigenvalue weighted by Crippen LogP contribution is 2.21. The number of fused-ring (bicyclic) bond motifs is 1. The number of halogens is 5. The number of aryl methyl sites for hydroxylation is 1. The average molecular weight is 325 g/mol. The predicted molar refractivity (Wildman–Crippen MR) is 70.9 cm³/mol. The summed E-state index contributed by atoms with van der Waals surface area (Å²) < 4.78 is 55.8. The van der Waals surface area contributed by atoms with Crippen LogP contribution in [0.4, 0.5) is 17.6 Å². The van der Waals surface area contributed by atoms with Crippen LogP contribution >= 0.6 is 11.6 Å². The van der Waals surface area contributed by atoms with Crippen molar-refractivity contribution in [3.8, 4) is 0 Å². The van der Waals surface area contributed by atoms with E-state index < -0.39 is 12.8 Å². The van der Waals surface area contributed by atoms with E-state index in [4.69, 9.17) is 11.6 Å². The summed E-state index contributed by atoms with van der Waals surface area (Å²) in [5.41, 5.74) is 1.48. The van der Waals surface area contributed by atoms with Gasteiger partial charge < -0.3 is 9.30 Å². The molecule has 0 aliphatic carbocycles. The molecule has 2 aromatic rings. The topological polar surface area (TPSA) is 27.1 Å². The Morgan fingerprint density at radius 1 is 1.33 bits per heavy atom. The second kappa shape index (κ2) is 6.19. The van der Waals surface area contributed by atoms with E-state index in [1.807, 2.05) is 0 Å². The van der Waals surface area contributed by atoms with Crippen molar-refractivity contribution in [3.05, 3.63) is 29.3 Å². The number of aromatic nitrogens is 2. The van der Waals surface area contributed by atoms with Crippen LogP contribution in [-0.2, 0) is 17.2 Å². The third-order valence-corrected chi connectivity index (χ3v) is 3.19. The smallest absolute Gasteiger partial charge is 0.370 e. The lowest BCUT2D eigenvalue weighted by atomic mass is 10.2. The van der Waals surface area contributed by atoms with E-state index in [9.17, 15) is 17.6 Å². The molecule has 1 aromatic carbocycles. The molecular weight excluding hydrogens is 312 g/mol. The average Bonchev–Trinajstić information content (AvgIpc) is 2.71. The number of ether oxygens (including phenoxy) is 1. The number of nitrogens with zero attached hydrogens (tertiary/aromatic N) is 2. The Bertz CT molecular complexity index is 639. The van der Waals surface area contributed by atoms with E-state index in [0.29, 0.717) is 22.4 Å². The summed E-state index contributed by atoms with van der Waals surface area (Å²) in [6.07, 6.45) is -4.36. The number of hydrogen-bond acceptors (Lipinski definition) is 2. The highest BCUT2D eigenvalue weighted by atomic mass is 35.5. The van der Waals surface area contributed by atoms with Crippen LogP contribution in [0.1, 0.15) is 11.4 Å². The molecule has 1 aromatic heterocycles. The maximum absolute atomic E-state index is 13.5. The fourth-order valence-electron chi connectivity index (χ4n) is 2.00. The quantitative estimate of drug-likeness (QED) is 0.475. The third-order valence-electron chi connectivity index (χ3n) is 2.95. The number of rotatable bonds is 5. The van der Waals surface area contributed by atoms with Crippen LogP contribution in [0.5, 0.6) is 0 Å². The van der Waals surface area contributed by atoms with Gasteiger partial charge in [0, 0.05) is 12.6 Å². The van der Waals surface area contributed by atoms with E-state index in [1.165, 1.54) is 6.07 Å². The van der Waals surface area contributed by atoms with Crippen LogP contribution in [0.3, 0.4) is 0 Å². The summed E-state index contributed by atoms with van der Waals surface area (Å²) in [7, 11) is 0. The zero-order valence-electron chi connectivity index (χ0n) is 11.2. The zero-order valence-corrected chi connectivity index (χ0v) is 11.9. The summed E-state index contributed by atoms with van der Waals surface area (Å²) in [5.74, 6) is 0.156. The molecule has 1 heterocycles. The maximum Gasteiger partial charge on any atom is 0.411 e. The Morgan fingerprint density at radius 3 is 2.67 bits per heavy atom. The molecule has 0 spiro atoms. The summed E-state index contributed by atoms with van der Waals surface area (Å²) >= 11 is 5.77. The minimum Gasteiger partial charge on any atom is -0.370 e. The molecule has 116 valence electrons. The molecule has 0 radical (unpaired) electrons. The molecule has 0 saturated carbocycles. The van der Waals surface area contributed by atoms with E-state index >= 15 is 0 Å². The molecular formula is C13H13ClF4N2O. The molecule has 0 amide bonds. The molecule has 0 atom stereocenters. The van der Waals surface area contributed by atoms with Crippen LogP contribution in [0.15, 0.2) is 12.1 Å². The molecule has 0 saturated heterocycles. The van der Waals surface area contributed by atoms with Crippen molar-refractivity contribution in [3.63, 3.8) is 0 Å². The standard InChI is InChI=1S/C13H13ClF4N2O/c1-8-4-11-10(5-9(8)15)19-12(6-14)20(11)2-3-21-7-13(16,17)18/h4-5H,2-3,6-7H2,1H3. The van der Waals surface area contributed by atoms with Gasteiger partial charge in [0.1, 0.15) is 18.2 Å². The molecule has 0 aliphatic rings. The number of alkyl halides is 4. The maximum atomic E-state index is 13.5. The van der Waals surface area contributed by atoms with Crippen LogP contribution in [0, 0.1) is 12.7 Å². The van der Waals surface area contributed by atoms with Gasteiger partial charge in [-0.2, -0.15) is 13.2 Å². The van der Waals surface area contributed by atoms with Gasteiger partial charge in [0.25, 0.3) is 0 Å². The predicted octanol–water partition coefficient (Wildman–Crippen LogP) is 3.80. The molecule has 0 N–H and O–H groups in total. The molecule has 3 nitrogen and oxygen atoms in total. The van der Waals surface area contributed by atoms with Gasteiger partial charge in [-0.3, -0.25) is 0 Å². The largest absolute Gasteiger partial charge is 0.411 e. The van der Waals surface area contributed by atoms with Gasteiger partial charge in [0.2, 0.25) is 0 Å². The number of imidazole rings is 1. The molecule has 0 unspecified atom stereocenters. The zero-order chi connectivity index (χ0) is 15.6. The van der Waals surface area contributed by atoms with Crippen molar-refractivity contribution < 1.29 is 22.3 Å². The SMILES string of the molecule is Cc1cc2c(cc1F)nc(CCl)n2CCOCC(F)(F)F. The third kappa shape index (κ3) is 3.85. The Kier molecular flexibility index (Phi) is 4.73. The minimum atomic E-state index is -4.36. The summed E-state index contributed by atoms with van der Waals surface area (Å²) in [6.45, 7) is 0.334. The highest BCUT2D eigenvalue weighted by molar-refractivity contribution is 6.16. The van der Waals surface area contributed by atoms with Crippen molar-refractivity contribution in [1.82, 2.24) is 9.55 Å². The summed E-state index contributed by atoms with van der Waals surface area (Å²) in [5, 5.41) is 0. The van der Waals surface area contributed by atoms with Crippen molar-refractivity contribution in [2.24, 2.45) is 0 Å². The molecule has 21 heavy (non-hydrogen) atoms. The first-order valence-corrected chi connectivity index (χ1v) is 6.71. The van der Waals surface area contributed by atoms with Gasteiger partial charge in [-0.15, -0.1) is 11.6 Å². The molecule has 2 rings (SSSR count). The van der Waals surface area contributed by atoms with Gasteiger partial charge in [-0.05, 0) is 18.6 Å². The monoisotopic (exact) mass is 324 g/mol. The lowest BCUT2D eigenvalue weighted by Crippen LogP contribution is -2.19. The Morgan fingerprint density at radius 2 is 2.05 bits per heavy atom. The number of benzene rings is 1. The molecule has 0 fully saturated rings. The molecule has 0 aliphatic heterocycles. The number of hydrogen-bond donors (Lipinski definition) is 0. The first-order valence-electron chi connectivity index (χ1n) is 6.17. The first-order chi connectivity index (χ1) is 9.81. The lowest BCUT2D eigenvalue weighted by Gasteiger charge is -2.10. The van der Waals surface area contributed by atoms with Crippen LogP contribution in [-0.4, -0.2) is 28.9 Å². The second-order valence-electron chi connectivity index (χ2n) is 4.57. The summed E-state index contributed by atoms with van der Waals surface area (Å²) in [6, 6.07) is 2.88.